The summed E-state index contributed by atoms with van der Waals surface area (Å²) in [6.07, 6.45) is -0.152. The molecule has 2 amide bonds. The van der Waals surface area contributed by atoms with Gasteiger partial charge in [0.05, 0.1) is 11.1 Å². The van der Waals surface area contributed by atoms with Crippen molar-refractivity contribution >= 4 is 29.1 Å². The van der Waals surface area contributed by atoms with Crippen molar-refractivity contribution in [1.82, 2.24) is 0 Å². The number of benzene rings is 3. The number of hydrogen-bond acceptors (Lipinski definition) is 4. The van der Waals surface area contributed by atoms with Gasteiger partial charge in [0.2, 0.25) is 5.91 Å². The average molecular weight is 443 g/mol. The SMILES string of the molecule is CN(c1ccccc1)c1ccc(CC2(C)C(=O)N(C(=O)OC(C)(C)C)c3ccccc32)cc1. The van der Waals surface area contributed by atoms with E-state index in [1.165, 1.54) is 4.90 Å². The first-order valence-corrected chi connectivity index (χ1v) is 11.1. The smallest absolute Gasteiger partial charge is 0.421 e. The first kappa shape index (κ1) is 22.6. The zero-order valence-electron chi connectivity index (χ0n) is 19.8. The molecular weight excluding hydrogens is 412 g/mol. The van der Waals surface area contributed by atoms with Crippen LogP contribution in [-0.4, -0.2) is 24.6 Å². The van der Waals surface area contributed by atoms with Crippen LogP contribution in [0.3, 0.4) is 0 Å². The molecule has 0 fully saturated rings. The molecule has 3 aromatic carbocycles. The third-order valence-corrected chi connectivity index (χ3v) is 6.02. The van der Waals surface area contributed by atoms with E-state index in [0.717, 1.165) is 22.5 Å². The van der Waals surface area contributed by atoms with Gasteiger partial charge in [-0.25, -0.2) is 9.69 Å². The van der Waals surface area contributed by atoms with Gasteiger partial charge in [0.1, 0.15) is 5.60 Å². The van der Waals surface area contributed by atoms with Crippen molar-refractivity contribution < 1.29 is 14.3 Å². The Hall–Kier alpha value is -3.60. The van der Waals surface area contributed by atoms with Gasteiger partial charge in [-0.15, -0.1) is 0 Å². The van der Waals surface area contributed by atoms with Crippen LogP contribution in [0.2, 0.25) is 0 Å². The van der Waals surface area contributed by atoms with Crippen molar-refractivity contribution in [2.24, 2.45) is 0 Å². The number of ether oxygens (including phenoxy) is 1. The average Bonchev–Trinajstić information content (AvgIpc) is 3.00. The minimum absolute atomic E-state index is 0.261. The first-order valence-electron chi connectivity index (χ1n) is 11.1. The lowest BCUT2D eigenvalue weighted by Crippen LogP contribution is -2.45. The van der Waals surface area contributed by atoms with Crippen LogP contribution in [0.25, 0.3) is 0 Å². The van der Waals surface area contributed by atoms with Crippen LogP contribution in [0.4, 0.5) is 21.9 Å². The fourth-order valence-corrected chi connectivity index (χ4v) is 4.31. The number of hydrogen-bond donors (Lipinski definition) is 0. The maximum absolute atomic E-state index is 13.6. The predicted molar refractivity (Wildman–Crippen MR) is 132 cm³/mol. The molecule has 0 bridgehead atoms. The van der Waals surface area contributed by atoms with E-state index in [-0.39, 0.29) is 5.91 Å². The highest BCUT2D eigenvalue weighted by Gasteiger charge is 2.50. The molecule has 33 heavy (non-hydrogen) atoms. The Morgan fingerprint density at radius 2 is 1.48 bits per heavy atom. The van der Waals surface area contributed by atoms with Gasteiger partial charge in [0.25, 0.3) is 0 Å². The van der Waals surface area contributed by atoms with Crippen molar-refractivity contribution in [1.29, 1.82) is 0 Å². The van der Waals surface area contributed by atoms with E-state index >= 15 is 0 Å². The normalized spacial score (nSPS) is 17.6. The number of para-hydroxylation sites is 2. The standard InChI is InChI=1S/C28H30N2O3/c1-27(2,3)33-26(32)30-24-14-10-9-13-23(24)28(4,25(30)31)19-20-15-17-22(18-16-20)29(5)21-11-7-6-8-12-21/h6-18H,19H2,1-5H3. The summed E-state index contributed by atoms with van der Waals surface area (Å²) in [5, 5.41) is 0. The molecule has 0 aliphatic carbocycles. The van der Waals surface area contributed by atoms with Crippen LogP contribution in [0.5, 0.6) is 0 Å². The van der Waals surface area contributed by atoms with Crippen LogP contribution in [0, 0.1) is 0 Å². The van der Waals surface area contributed by atoms with Gasteiger partial charge >= 0.3 is 6.09 Å². The van der Waals surface area contributed by atoms with Crippen LogP contribution in [-0.2, 0) is 21.4 Å². The molecule has 1 heterocycles. The monoisotopic (exact) mass is 442 g/mol. The van der Waals surface area contributed by atoms with Crippen molar-refractivity contribution in [3.8, 4) is 0 Å². The predicted octanol–water partition coefficient (Wildman–Crippen LogP) is 6.24. The molecule has 1 aliphatic heterocycles. The number of imide groups is 1. The van der Waals surface area contributed by atoms with Crippen LogP contribution in [0.1, 0.15) is 38.8 Å². The number of nitrogens with zero attached hydrogens (tertiary/aromatic N) is 2. The summed E-state index contributed by atoms with van der Waals surface area (Å²) in [5.74, 6) is -0.261. The molecule has 0 saturated heterocycles. The largest absolute Gasteiger partial charge is 0.443 e. The highest BCUT2D eigenvalue weighted by Crippen LogP contribution is 2.44. The Labute approximate surface area is 195 Å². The van der Waals surface area contributed by atoms with E-state index in [4.69, 9.17) is 4.74 Å². The summed E-state index contributed by atoms with van der Waals surface area (Å²) in [6, 6.07) is 25.8. The molecule has 0 radical (unpaired) electrons. The molecule has 0 saturated carbocycles. The second-order valence-electron chi connectivity index (χ2n) is 9.71. The van der Waals surface area contributed by atoms with E-state index in [9.17, 15) is 9.59 Å². The van der Waals surface area contributed by atoms with Crippen LogP contribution >= 0.6 is 0 Å². The molecular formula is C28H30N2O3. The van der Waals surface area contributed by atoms with E-state index < -0.39 is 17.1 Å². The van der Waals surface area contributed by atoms with E-state index in [1.807, 2.05) is 62.5 Å². The maximum Gasteiger partial charge on any atom is 0.421 e. The second-order valence-corrected chi connectivity index (χ2v) is 9.71. The number of rotatable bonds is 4. The van der Waals surface area contributed by atoms with E-state index in [0.29, 0.717) is 12.1 Å². The lowest BCUT2D eigenvalue weighted by atomic mass is 9.78. The maximum atomic E-state index is 13.6. The van der Waals surface area contributed by atoms with Gasteiger partial charge < -0.3 is 9.64 Å². The Morgan fingerprint density at radius 3 is 2.12 bits per heavy atom. The van der Waals surface area contributed by atoms with Crippen LogP contribution in [0.15, 0.2) is 78.9 Å². The number of amides is 2. The molecule has 4 rings (SSSR count). The van der Waals surface area contributed by atoms with Crippen molar-refractivity contribution in [2.45, 2.75) is 45.1 Å². The minimum atomic E-state index is -0.861. The summed E-state index contributed by atoms with van der Waals surface area (Å²) in [4.78, 5) is 29.8. The first-order chi connectivity index (χ1) is 15.6. The fraction of sp³-hybridized carbons (Fsp3) is 0.286. The Morgan fingerprint density at radius 1 is 0.909 bits per heavy atom. The highest BCUT2D eigenvalue weighted by molar-refractivity contribution is 6.21. The van der Waals surface area contributed by atoms with Gasteiger partial charge in [-0.3, -0.25) is 4.79 Å². The summed E-state index contributed by atoms with van der Waals surface area (Å²) < 4.78 is 5.54. The third kappa shape index (κ3) is 4.36. The minimum Gasteiger partial charge on any atom is -0.443 e. The molecule has 170 valence electrons. The molecule has 3 aromatic rings. The molecule has 1 aliphatic rings. The Kier molecular flexibility index (Phi) is 5.75. The lowest BCUT2D eigenvalue weighted by molar-refractivity contribution is -0.122. The Balaban J connectivity index is 1.61. The van der Waals surface area contributed by atoms with Crippen LogP contribution < -0.4 is 9.80 Å². The molecule has 0 aromatic heterocycles. The van der Waals surface area contributed by atoms with Gasteiger partial charge in [-0.2, -0.15) is 0 Å². The molecule has 5 nitrogen and oxygen atoms in total. The van der Waals surface area contributed by atoms with Crippen molar-refractivity contribution in [3.63, 3.8) is 0 Å². The van der Waals surface area contributed by atoms with Gasteiger partial charge in [-0.05, 0) is 75.6 Å². The molecule has 1 atom stereocenters. The molecule has 1 unspecified atom stereocenters. The van der Waals surface area contributed by atoms with E-state index in [1.54, 1.807) is 26.8 Å². The summed E-state index contributed by atoms with van der Waals surface area (Å²) in [6.45, 7) is 7.29. The Bertz CT molecular complexity index is 1170. The number of carbonyl (C=O) groups is 2. The molecule has 0 N–H and O–H groups in total. The number of carbonyl (C=O) groups excluding carboxylic acids is 2. The summed E-state index contributed by atoms with van der Waals surface area (Å²) in [7, 11) is 2.03. The number of anilines is 3. The fourth-order valence-electron chi connectivity index (χ4n) is 4.31. The molecule has 0 spiro atoms. The third-order valence-electron chi connectivity index (χ3n) is 6.02. The lowest BCUT2D eigenvalue weighted by Gasteiger charge is -2.26. The summed E-state index contributed by atoms with van der Waals surface area (Å²) in [5.41, 5.74) is 3.07. The summed E-state index contributed by atoms with van der Waals surface area (Å²) >= 11 is 0. The van der Waals surface area contributed by atoms with E-state index in [2.05, 4.69) is 29.2 Å². The van der Waals surface area contributed by atoms with Gasteiger partial charge in [0, 0.05) is 18.4 Å². The van der Waals surface area contributed by atoms with Crippen molar-refractivity contribution in [3.05, 3.63) is 90.0 Å². The van der Waals surface area contributed by atoms with Crippen molar-refractivity contribution in [2.75, 3.05) is 16.8 Å². The quantitative estimate of drug-likeness (QED) is 0.480. The second kappa shape index (κ2) is 8.39. The topological polar surface area (TPSA) is 49.9 Å². The highest BCUT2D eigenvalue weighted by atomic mass is 16.6. The zero-order valence-corrected chi connectivity index (χ0v) is 19.8. The molecule has 5 heteroatoms. The van der Waals surface area contributed by atoms with Gasteiger partial charge in [0.15, 0.2) is 0 Å². The van der Waals surface area contributed by atoms with Gasteiger partial charge in [-0.1, -0.05) is 48.5 Å². The zero-order chi connectivity index (χ0) is 23.8. The number of fused-ring (bicyclic) bond motifs is 1.